The molecule has 0 unspecified atom stereocenters. The summed E-state index contributed by atoms with van der Waals surface area (Å²) >= 11 is 0. The van der Waals surface area contributed by atoms with Crippen LogP contribution < -0.4 is 0 Å². The number of nitrogens with zero attached hydrogens (tertiary/aromatic N) is 2. The topological polar surface area (TPSA) is 73.1 Å². The molecule has 0 saturated carbocycles. The van der Waals surface area contributed by atoms with Crippen molar-refractivity contribution >= 4 is 11.6 Å². The summed E-state index contributed by atoms with van der Waals surface area (Å²) in [7, 11) is 0. The third-order valence-electron chi connectivity index (χ3n) is 3.63. The number of aromatic hydroxyl groups is 1. The molecule has 0 aromatic heterocycles. The van der Waals surface area contributed by atoms with Gasteiger partial charge in [0.25, 0.3) is 11.6 Å². The lowest BCUT2D eigenvalue weighted by molar-refractivity contribution is -0.297. The van der Waals surface area contributed by atoms with Gasteiger partial charge >= 0.3 is 6.18 Å². The minimum absolute atomic E-state index is 0.0631. The van der Waals surface area contributed by atoms with E-state index in [-0.39, 0.29) is 34.0 Å². The normalized spacial score (nSPS) is 21.9. The average molecular weight is 316 g/mol. The number of phenols is 1. The maximum Gasteiger partial charge on any atom is 0.438 e. The number of carbonyl (C=O) groups is 1. The largest absolute Gasteiger partial charge is 0.508 e. The average Bonchev–Trinajstić information content (AvgIpc) is 2.79. The molecule has 120 valence electrons. The van der Waals surface area contributed by atoms with Gasteiger partial charge in [-0.15, -0.1) is 0 Å². The molecule has 1 atom stereocenters. The number of aliphatic hydroxyl groups is 1. The number of benzene rings is 1. The van der Waals surface area contributed by atoms with Crippen molar-refractivity contribution in [2.24, 2.45) is 5.10 Å². The molecular weight excluding hydrogens is 301 g/mol. The fourth-order valence-corrected chi connectivity index (χ4v) is 2.22. The number of amides is 1. The van der Waals surface area contributed by atoms with Crippen LogP contribution in [0.5, 0.6) is 5.75 Å². The lowest BCUT2D eigenvalue weighted by Crippen LogP contribution is -2.56. The Hall–Kier alpha value is -2.09. The lowest BCUT2D eigenvalue weighted by Gasteiger charge is -2.32. The Morgan fingerprint density at radius 3 is 2.64 bits per heavy atom. The van der Waals surface area contributed by atoms with Crippen LogP contribution in [0.1, 0.15) is 35.7 Å². The van der Waals surface area contributed by atoms with Crippen LogP contribution in [0, 0.1) is 6.92 Å². The van der Waals surface area contributed by atoms with Gasteiger partial charge in [-0.3, -0.25) is 4.79 Å². The Morgan fingerprint density at radius 2 is 2.09 bits per heavy atom. The highest BCUT2D eigenvalue weighted by atomic mass is 19.4. The van der Waals surface area contributed by atoms with Crippen molar-refractivity contribution in [1.29, 1.82) is 0 Å². The van der Waals surface area contributed by atoms with Gasteiger partial charge in [0, 0.05) is 23.3 Å². The molecule has 1 heterocycles. The fraction of sp³-hybridized carbons (Fsp3) is 0.429. The Bertz CT molecular complexity index is 643. The Balaban J connectivity index is 2.50. The highest BCUT2D eigenvalue weighted by Crippen LogP contribution is 2.41. The van der Waals surface area contributed by atoms with Gasteiger partial charge in [0.15, 0.2) is 0 Å². The number of hydrogen-bond acceptors (Lipinski definition) is 4. The van der Waals surface area contributed by atoms with Gasteiger partial charge < -0.3 is 10.2 Å². The monoisotopic (exact) mass is 316 g/mol. The quantitative estimate of drug-likeness (QED) is 0.881. The van der Waals surface area contributed by atoms with Crippen molar-refractivity contribution in [2.45, 2.75) is 38.6 Å². The molecule has 22 heavy (non-hydrogen) atoms. The predicted octanol–water partition coefficient (Wildman–Crippen LogP) is 2.56. The number of carbonyl (C=O) groups excluding carboxylic acids is 1. The molecule has 0 radical (unpaired) electrons. The van der Waals surface area contributed by atoms with Crippen LogP contribution in [-0.4, -0.2) is 38.7 Å². The lowest BCUT2D eigenvalue weighted by atomic mass is 10.0. The fourth-order valence-electron chi connectivity index (χ4n) is 2.22. The molecule has 1 amide bonds. The van der Waals surface area contributed by atoms with Crippen LogP contribution in [0.15, 0.2) is 23.3 Å². The van der Waals surface area contributed by atoms with Crippen LogP contribution in [0.25, 0.3) is 0 Å². The number of phenolic OH excluding ortho intramolecular Hbond substituents is 1. The molecule has 2 rings (SSSR count). The summed E-state index contributed by atoms with van der Waals surface area (Å²) in [6.07, 6.45) is -5.65. The zero-order chi connectivity index (χ0) is 16.7. The van der Waals surface area contributed by atoms with E-state index in [9.17, 15) is 28.2 Å². The second kappa shape index (κ2) is 5.28. The highest BCUT2D eigenvalue weighted by Gasteiger charge is 2.63. The van der Waals surface area contributed by atoms with Crippen LogP contribution in [0.3, 0.4) is 0 Å². The van der Waals surface area contributed by atoms with Gasteiger partial charge in [0.2, 0.25) is 0 Å². The summed E-state index contributed by atoms with van der Waals surface area (Å²) in [6.45, 7) is 2.99. The molecule has 5 nitrogen and oxygen atoms in total. The van der Waals surface area contributed by atoms with Crippen molar-refractivity contribution in [3.8, 4) is 5.75 Å². The van der Waals surface area contributed by atoms with Gasteiger partial charge in [0.1, 0.15) is 5.75 Å². The van der Waals surface area contributed by atoms with Crippen molar-refractivity contribution in [3.63, 3.8) is 0 Å². The molecule has 1 aromatic rings. The number of halogens is 3. The molecule has 0 aliphatic carbocycles. The third kappa shape index (κ3) is 2.43. The maximum absolute atomic E-state index is 13.2. The molecule has 1 aromatic carbocycles. The van der Waals surface area contributed by atoms with Gasteiger partial charge in [-0.1, -0.05) is 13.0 Å². The summed E-state index contributed by atoms with van der Waals surface area (Å²) in [5.41, 5.74) is -3.32. The van der Waals surface area contributed by atoms with Crippen LogP contribution in [0.4, 0.5) is 13.2 Å². The van der Waals surface area contributed by atoms with Crippen LogP contribution in [0.2, 0.25) is 0 Å². The molecular formula is C14H15F3N2O3. The van der Waals surface area contributed by atoms with E-state index in [4.69, 9.17) is 0 Å². The molecule has 0 spiro atoms. The van der Waals surface area contributed by atoms with E-state index in [1.165, 1.54) is 25.1 Å². The minimum atomic E-state index is -5.05. The standard InChI is InChI=1S/C14H15F3N2O3/c1-3-9-7-13(22,14(15,16)17)19(18-9)12(21)10-5-4-6-11(20)8(10)2/h4-6,20,22H,3,7H2,1-2H3/t13-/m1/s1. The Labute approximate surface area is 124 Å². The third-order valence-corrected chi connectivity index (χ3v) is 3.63. The minimum Gasteiger partial charge on any atom is -0.508 e. The zero-order valence-electron chi connectivity index (χ0n) is 12.0. The van der Waals surface area contributed by atoms with E-state index in [1.54, 1.807) is 6.92 Å². The van der Waals surface area contributed by atoms with Crippen molar-refractivity contribution < 1.29 is 28.2 Å². The molecule has 1 aliphatic heterocycles. The molecule has 1 aliphatic rings. The van der Waals surface area contributed by atoms with Crippen molar-refractivity contribution in [2.75, 3.05) is 0 Å². The first-order valence-corrected chi connectivity index (χ1v) is 6.60. The van der Waals surface area contributed by atoms with E-state index in [2.05, 4.69) is 5.10 Å². The Kier molecular flexibility index (Phi) is 3.90. The van der Waals surface area contributed by atoms with E-state index < -0.39 is 24.2 Å². The predicted molar refractivity (Wildman–Crippen MR) is 72.4 cm³/mol. The van der Waals surface area contributed by atoms with Crippen LogP contribution >= 0.6 is 0 Å². The molecule has 0 fully saturated rings. The van der Waals surface area contributed by atoms with Gasteiger partial charge in [-0.05, 0) is 25.5 Å². The zero-order valence-corrected chi connectivity index (χ0v) is 12.0. The Morgan fingerprint density at radius 1 is 1.45 bits per heavy atom. The maximum atomic E-state index is 13.2. The summed E-state index contributed by atoms with van der Waals surface area (Å²) in [5.74, 6) is -1.34. The van der Waals surface area contributed by atoms with Gasteiger partial charge in [-0.25, -0.2) is 0 Å². The summed E-state index contributed by atoms with van der Waals surface area (Å²) in [6, 6.07) is 3.92. The van der Waals surface area contributed by atoms with E-state index in [1.807, 2.05) is 0 Å². The first-order valence-electron chi connectivity index (χ1n) is 6.60. The van der Waals surface area contributed by atoms with Crippen LogP contribution in [-0.2, 0) is 0 Å². The summed E-state index contributed by atoms with van der Waals surface area (Å²) < 4.78 is 39.6. The van der Waals surface area contributed by atoms with E-state index in [0.29, 0.717) is 0 Å². The second-order valence-electron chi connectivity index (χ2n) is 5.08. The number of rotatable bonds is 2. The number of hydrogen-bond donors (Lipinski definition) is 2. The molecule has 0 saturated heterocycles. The van der Waals surface area contributed by atoms with Crippen molar-refractivity contribution in [1.82, 2.24) is 5.01 Å². The van der Waals surface area contributed by atoms with Gasteiger partial charge in [0.05, 0.1) is 0 Å². The molecule has 0 bridgehead atoms. The first kappa shape index (κ1) is 16.3. The first-order chi connectivity index (χ1) is 10.1. The smallest absolute Gasteiger partial charge is 0.438 e. The SMILES string of the molecule is CCC1=NN(C(=O)c2cccc(O)c2C)[C@](O)(C(F)(F)F)C1. The summed E-state index contributed by atoms with van der Waals surface area (Å²) in [4.78, 5) is 12.4. The number of alkyl halides is 3. The van der Waals surface area contributed by atoms with Gasteiger partial charge in [-0.2, -0.15) is 23.3 Å². The van der Waals surface area contributed by atoms with E-state index in [0.717, 1.165) is 0 Å². The number of hydrazone groups is 1. The second-order valence-corrected chi connectivity index (χ2v) is 5.08. The van der Waals surface area contributed by atoms with E-state index >= 15 is 0 Å². The molecule has 8 heteroatoms. The van der Waals surface area contributed by atoms with Crippen molar-refractivity contribution in [3.05, 3.63) is 29.3 Å². The molecule has 2 N–H and O–H groups in total. The highest BCUT2D eigenvalue weighted by molar-refractivity contribution is 5.99. The summed E-state index contributed by atoms with van der Waals surface area (Å²) in [5, 5.41) is 23.3.